The molecule has 1 unspecified atom stereocenters. The van der Waals surface area contributed by atoms with E-state index >= 15 is 0 Å². The molecule has 37 heteroatoms. The van der Waals surface area contributed by atoms with E-state index in [-0.39, 0.29) is 89.8 Å². The van der Waals surface area contributed by atoms with E-state index in [2.05, 4.69) is 83.4 Å². The van der Waals surface area contributed by atoms with Crippen molar-refractivity contribution in [3.05, 3.63) is 118 Å². The van der Waals surface area contributed by atoms with Crippen molar-refractivity contribution in [3.8, 4) is 5.75 Å². The van der Waals surface area contributed by atoms with Crippen LogP contribution in [0.3, 0.4) is 0 Å². The number of anilines is 4. The van der Waals surface area contributed by atoms with Crippen molar-refractivity contribution in [1.82, 2.24) is 56.8 Å². The van der Waals surface area contributed by atoms with Gasteiger partial charge in [0.1, 0.15) is 41.7 Å². The number of benzene rings is 4. The number of halogens is 1. The van der Waals surface area contributed by atoms with Gasteiger partial charge in [-0.1, -0.05) is 61.8 Å². The molecule has 7 aromatic rings. The highest BCUT2D eigenvalue weighted by Gasteiger charge is 2.37. The first-order chi connectivity index (χ1) is 46.7. The van der Waals surface area contributed by atoms with Crippen molar-refractivity contribution in [1.29, 1.82) is 5.41 Å². The molecular weight excluding hydrogens is 1390 g/mol. The predicted octanol–water partition coefficient (Wildman–Crippen LogP) is 2.00. The fourth-order valence-electron chi connectivity index (χ4n) is 10.3. The van der Waals surface area contributed by atoms with E-state index in [9.17, 15) is 83.1 Å². The van der Waals surface area contributed by atoms with Crippen LogP contribution in [0.4, 0.5) is 23.0 Å². The summed E-state index contributed by atoms with van der Waals surface area (Å²) in [5, 5.41) is 80.0. The van der Waals surface area contributed by atoms with E-state index < -0.39 is 127 Å². The average Bonchev–Trinajstić information content (AvgIpc) is 1.58. The molecule has 0 saturated heterocycles. The molecule has 0 fully saturated rings. The number of nitrogens with one attached hydrogen (secondary N) is 11. The number of phenolic OH excluding ortho intramolecular Hbond substituents is 1. The molecule has 20 N–H and O–H groups in total. The van der Waals surface area contributed by atoms with Gasteiger partial charge in [-0.05, 0) is 78.7 Å². The van der Waals surface area contributed by atoms with Gasteiger partial charge < -0.3 is 89.4 Å². The van der Waals surface area contributed by atoms with Crippen LogP contribution in [0.1, 0.15) is 83.0 Å². The molecule has 8 rings (SSSR count). The monoisotopic (exact) mass is 1450 g/mol. The third-order valence-corrected chi connectivity index (χ3v) is 18.3. The van der Waals surface area contributed by atoms with Gasteiger partial charge >= 0.3 is 23.9 Å². The highest BCUT2D eigenvalue weighted by molar-refractivity contribution is 9.09. The van der Waals surface area contributed by atoms with Gasteiger partial charge in [-0.2, -0.15) is 4.98 Å². The molecule has 0 spiro atoms. The third-order valence-electron chi connectivity index (χ3n) is 15.1. The van der Waals surface area contributed by atoms with E-state index in [0.717, 1.165) is 32.5 Å². The second-order valence-corrected chi connectivity index (χ2v) is 25.4. The molecule has 7 amide bonds. The molecule has 3 aromatic heterocycles. The molecule has 4 heterocycles. The molecule has 516 valence electrons. The minimum atomic E-state index is -1.98. The lowest BCUT2D eigenvalue weighted by Gasteiger charge is -2.25. The van der Waals surface area contributed by atoms with Crippen molar-refractivity contribution in [3.63, 3.8) is 0 Å². The molecule has 0 aliphatic carbocycles. The molecule has 4 aromatic carbocycles. The van der Waals surface area contributed by atoms with Crippen molar-refractivity contribution in [2.75, 3.05) is 51.2 Å². The summed E-state index contributed by atoms with van der Waals surface area (Å²) in [7, 11) is 2.04. The van der Waals surface area contributed by atoms with Crippen LogP contribution in [0, 0.1) is 5.41 Å². The molecule has 34 nitrogen and oxygen atoms in total. The van der Waals surface area contributed by atoms with E-state index in [1.54, 1.807) is 35.2 Å². The van der Waals surface area contributed by atoms with Crippen LogP contribution in [0.2, 0.25) is 0 Å². The molecular formula is C61H66BrN17O17S2. The van der Waals surface area contributed by atoms with Crippen LogP contribution < -0.4 is 64.5 Å². The standard InChI is InChI=1S/C61H66BrN17O17S2/c62-23-30-26-79(43-22-44(80)34-4-1-2-5-35(34)49(30)43)57(92)41-19-29-18-32(11-12-36(29)71-41)69-46(82)15-17-97-98-27-42(59(95)96)76-55(90)40(21-48(85)86)75-53(88)37(6-3-16-66-60(63)64)73-54(89)39(20-47(83)84)72-45(81)14-13-38(58(93)94)74-52(87)28-7-9-31(10-8-28)67-24-33-25-68-51-50(70-33)56(91)78-61(65)77-51/h1-2,4-5,7-12,18-19,22,25,30,37-40,42,67,71,80H,3,6,13-17,20-21,23-24,26-27H2,(H,69,82)(H,72,81)(H,73,89)(H,74,87)(H,75,88)(H,76,90)(H,83,84)(H,85,86)(H,93,94)(H,95,96)(H4,63,64,66)(H3,65,68,77,78,91)/t30?,37-,38-,39-,40-,42-/m0/s1. The number of amides is 7. The zero-order valence-electron chi connectivity index (χ0n) is 51.5. The molecule has 98 heavy (non-hydrogen) atoms. The van der Waals surface area contributed by atoms with Gasteiger partial charge in [0.25, 0.3) is 17.4 Å². The number of nitrogen functional groups attached to an aromatic ring is 1. The van der Waals surface area contributed by atoms with Crippen molar-refractivity contribution in [2.45, 2.75) is 87.6 Å². The summed E-state index contributed by atoms with van der Waals surface area (Å²) in [6.45, 7) is 0.388. The smallest absolute Gasteiger partial charge is 0.327 e. The van der Waals surface area contributed by atoms with Gasteiger partial charge in [0, 0.05) is 88.0 Å². The second kappa shape index (κ2) is 33.5. The van der Waals surface area contributed by atoms with Gasteiger partial charge in [-0.3, -0.25) is 58.3 Å². The zero-order chi connectivity index (χ0) is 70.9. The Morgan fingerprint density at radius 1 is 0.724 bits per heavy atom. The number of guanidine groups is 1. The number of aliphatic carboxylic acids is 4. The SMILES string of the molecule is N=C(N)NCCC[C@H](NC(=O)[C@H](CC(=O)O)NC(=O)CC[C@H](NC(=O)c1ccc(NCc2cnc3nc(N)[nH]c(=O)c3n2)cc1)C(=O)O)C(=O)N[C@@H](CC(=O)O)C(=O)N[C@@H](CSSCCC(=O)Nc1ccc2[nH]c(C(=O)N3CC(CBr)c4c3cc(O)c3ccccc43)cc2c1)C(=O)O. The second-order valence-electron chi connectivity index (χ2n) is 22.2. The van der Waals surface area contributed by atoms with Crippen LogP contribution >= 0.6 is 37.5 Å². The molecule has 0 bridgehead atoms. The Labute approximate surface area is 570 Å². The summed E-state index contributed by atoms with van der Waals surface area (Å²) in [6, 6.07) is 12.4. The fourth-order valence-corrected chi connectivity index (χ4v) is 13.0. The largest absolute Gasteiger partial charge is 0.507 e. The van der Waals surface area contributed by atoms with E-state index in [1.165, 1.54) is 30.5 Å². The van der Waals surface area contributed by atoms with Crippen LogP contribution in [0.25, 0.3) is 32.8 Å². The lowest BCUT2D eigenvalue weighted by atomic mass is 9.95. The van der Waals surface area contributed by atoms with Crippen LogP contribution in [-0.2, 0) is 49.7 Å². The quantitative estimate of drug-likeness (QED) is 0.00901. The Kier molecular flexibility index (Phi) is 24.9. The highest BCUT2D eigenvalue weighted by Crippen LogP contribution is 2.46. The number of alkyl halides is 1. The Balaban J connectivity index is 0.808. The van der Waals surface area contributed by atoms with E-state index in [0.29, 0.717) is 50.9 Å². The number of aromatic nitrogens is 5. The number of aromatic hydroxyl groups is 1. The Hall–Kier alpha value is -11.1. The lowest BCUT2D eigenvalue weighted by Crippen LogP contribution is -2.58. The zero-order valence-corrected chi connectivity index (χ0v) is 54.7. The molecule has 0 saturated carbocycles. The van der Waals surface area contributed by atoms with E-state index in [1.807, 2.05) is 24.3 Å². The Morgan fingerprint density at radius 2 is 1.38 bits per heavy atom. The number of fused-ring (bicyclic) bond motifs is 5. The number of aromatic amines is 2. The number of H-pyrrole nitrogens is 2. The summed E-state index contributed by atoms with van der Waals surface area (Å²) >= 11 is 3.59. The molecule has 0 radical (unpaired) electrons. The maximum atomic E-state index is 14.0. The number of rotatable bonds is 34. The summed E-state index contributed by atoms with van der Waals surface area (Å²) in [5.74, 6) is -13.5. The topological polar surface area (TPSA) is 552 Å². The number of carbonyl (C=O) groups excluding carboxylic acids is 7. The Bertz CT molecular complexity index is 4310. The minimum absolute atomic E-state index is 0.00659. The first-order valence-corrected chi connectivity index (χ1v) is 33.5. The van der Waals surface area contributed by atoms with Crippen molar-refractivity contribution >= 4 is 165 Å². The minimum Gasteiger partial charge on any atom is -0.507 e. The van der Waals surface area contributed by atoms with E-state index in [4.69, 9.17) is 16.9 Å². The van der Waals surface area contributed by atoms with Crippen LogP contribution in [0.15, 0.2) is 89.9 Å². The Morgan fingerprint density at radius 3 is 2.05 bits per heavy atom. The fraction of sp³-hybridized carbons (Fsp3) is 0.311. The molecule has 1 aliphatic heterocycles. The number of hydrogen-bond acceptors (Lipinski definition) is 21. The lowest BCUT2D eigenvalue weighted by molar-refractivity contribution is -0.143. The summed E-state index contributed by atoms with van der Waals surface area (Å²) in [5.41, 5.74) is 14.1. The van der Waals surface area contributed by atoms with Gasteiger partial charge in [0.05, 0.1) is 37.0 Å². The predicted molar refractivity (Wildman–Crippen MR) is 364 cm³/mol. The number of carboxylic acid groups (broad SMARTS) is 4. The number of nitrogens with two attached hydrogens (primary N) is 2. The van der Waals surface area contributed by atoms with Gasteiger partial charge in [0.15, 0.2) is 17.1 Å². The summed E-state index contributed by atoms with van der Waals surface area (Å²) in [4.78, 5) is 175. The van der Waals surface area contributed by atoms with Gasteiger partial charge in [-0.25, -0.2) is 19.6 Å². The van der Waals surface area contributed by atoms with Crippen LogP contribution in [-0.4, -0.2) is 182 Å². The number of phenols is 1. The average molecular weight is 1450 g/mol. The number of nitrogens with zero attached hydrogens (tertiary/aromatic N) is 4. The summed E-state index contributed by atoms with van der Waals surface area (Å²) < 4.78 is 0. The first kappa shape index (κ1) is 72.7. The number of carbonyl (C=O) groups is 11. The first-order valence-electron chi connectivity index (χ1n) is 29.9. The highest BCUT2D eigenvalue weighted by atomic mass is 79.9. The molecule has 6 atom stereocenters. The third kappa shape index (κ3) is 19.5. The maximum Gasteiger partial charge on any atom is 0.327 e. The number of hydrogen-bond donors (Lipinski definition) is 18. The van der Waals surface area contributed by atoms with Crippen molar-refractivity contribution < 1.29 is 78.3 Å². The van der Waals surface area contributed by atoms with Gasteiger partial charge in [0.2, 0.25) is 35.5 Å². The van der Waals surface area contributed by atoms with Gasteiger partial charge in [-0.15, -0.1) is 0 Å². The van der Waals surface area contributed by atoms with Crippen molar-refractivity contribution in [2.24, 2.45) is 5.73 Å². The molecule has 1 aliphatic rings. The summed E-state index contributed by atoms with van der Waals surface area (Å²) in [6.07, 6.45) is -2.54. The van der Waals surface area contributed by atoms with Crippen LogP contribution in [0.5, 0.6) is 5.75 Å². The maximum absolute atomic E-state index is 14.0. The normalized spacial score (nSPS) is 14.0. The number of carboxylic acids is 4.